The maximum atomic E-state index is 12.0. The Bertz CT molecular complexity index is 379. The van der Waals surface area contributed by atoms with E-state index in [1.54, 1.807) is 0 Å². The van der Waals surface area contributed by atoms with Crippen molar-refractivity contribution in [2.45, 2.75) is 19.9 Å². The number of rotatable bonds is 6. The van der Waals surface area contributed by atoms with E-state index in [4.69, 9.17) is 5.11 Å². The van der Waals surface area contributed by atoms with Gasteiger partial charge in [-0.3, -0.25) is 9.69 Å². The summed E-state index contributed by atoms with van der Waals surface area (Å²) in [6, 6.07) is 7.62. The topological polar surface area (TPSA) is 40.5 Å². The first-order valence-corrected chi connectivity index (χ1v) is 6.47. The van der Waals surface area contributed by atoms with E-state index in [0.717, 1.165) is 4.47 Å². The van der Waals surface area contributed by atoms with Crippen molar-refractivity contribution in [3.8, 4) is 0 Å². The minimum Gasteiger partial charge on any atom is -0.395 e. The number of aliphatic hydroxyl groups is 1. The monoisotopic (exact) mass is 299 g/mol. The molecule has 0 bridgehead atoms. The lowest BCUT2D eigenvalue weighted by Crippen LogP contribution is -2.37. The predicted molar refractivity (Wildman–Crippen MR) is 72.3 cm³/mol. The number of carbonyl (C=O) groups is 1. The highest BCUT2D eigenvalue weighted by atomic mass is 79.9. The fourth-order valence-corrected chi connectivity index (χ4v) is 1.99. The number of ketones is 1. The number of nitrogens with zero attached hydrogens (tertiary/aromatic N) is 1. The molecule has 0 unspecified atom stereocenters. The van der Waals surface area contributed by atoms with Crippen molar-refractivity contribution in [1.29, 1.82) is 0 Å². The smallest absolute Gasteiger partial charge is 0.176 e. The van der Waals surface area contributed by atoms with Crippen LogP contribution in [0.3, 0.4) is 0 Å². The molecule has 1 N–H and O–H groups in total. The summed E-state index contributed by atoms with van der Waals surface area (Å²) in [4.78, 5) is 14.0. The van der Waals surface area contributed by atoms with Gasteiger partial charge in [0, 0.05) is 22.6 Å². The van der Waals surface area contributed by atoms with Crippen molar-refractivity contribution in [3.63, 3.8) is 0 Å². The Morgan fingerprint density at radius 2 is 2.18 bits per heavy atom. The van der Waals surface area contributed by atoms with Gasteiger partial charge in [-0.25, -0.2) is 0 Å². The number of aliphatic hydroxyl groups excluding tert-OH is 1. The highest BCUT2D eigenvalue weighted by Gasteiger charge is 2.14. The fourth-order valence-electron chi connectivity index (χ4n) is 1.59. The summed E-state index contributed by atoms with van der Waals surface area (Å²) in [5.41, 5.74) is 0.697. The van der Waals surface area contributed by atoms with Gasteiger partial charge in [0.15, 0.2) is 5.78 Å². The van der Waals surface area contributed by atoms with E-state index in [1.807, 2.05) is 43.0 Å². The Hall–Kier alpha value is -0.710. The van der Waals surface area contributed by atoms with Gasteiger partial charge in [-0.15, -0.1) is 0 Å². The zero-order valence-electron chi connectivity index (χ0n) is 10.2. The van der Waals surface area contributed by atoms with Crippen molar-refractivity contribution >= 4 is 21.7 Å². The Morgan fingerprint density at radius 1 is 1.47 bits per heavy atom. The van der Waals surface area contributed by atoms with E-state index in [0.29, 0.717) is 18.7 Å². The molecular formula is C13H18BrNO2. The average Bonchev–Trinajstić information content (AvgIpc) is 2.28. The van der Waals surface area contributed by atoms with Gasteiger partial charge in [-0.2, -0.15) is 0 Å². The number of hydrogen-bond donors (Lipinski definition) is 1. The molecule has 0 atom stereocenters. The van der Waals surface area contributed by atoms with Crippen LogP contribution in [0.4, 0.5) is 0 Å². The molecule has 0 fully saturated rings. The second-order valence-corrected chi connectivity index (χ2v) is 5.14. The second-order valence-electron chi connectivity index (χ2n) is 4.22. The van der Waals surface area contributed by atoms with Gasteiger partial charge in [0.05, 0.1) is 13.2 Å². The SMILES string of the molecule is CC(C)N(CCO)CC(=O)c1cccc(Br)c1. The lowest BCUT2D eigenvalue weighted by molar-refractivity contribution is 0.0881. The molecule has 1 aromatic carbocycles. The Labute approximate surface area is 111 Å². The summed E-state index contributed by atoms with van der Waals surface area (Å²) in [5, 5.41) is 8.95. The van der Waals surface area contributed by atoms with E-state index in [1.165, 1.54) is 0 Å². The maximum absolute atomic E-state index is 12.0. The van der Waals surface area contributed by atoms with Crippen molar-refractivity contribution in [2.24, 2.45) is 0 Å². The first-order chi connectivity index (χ1) is 8.04. The van der Waals surface area contributed by atoms with E-state index >= 15 is 0 Å². The highest BCUT2D eigenvalue weighted by Crippen LogP contribution is 2.13. The number of halogens is 1. The minimum atomic E-state index is 0.0734. The zero-order valence-corrected chi connectivity index (χ0v) is 11.8. The van der Waals surface area contributed by atoms with E-state index < -0.39 is 0 Å². The van der Waals surface area contributed by atoms with Gasteiger partial charge in [0.1, 0.15) is 0 Å². The van der Waals surface area contributed by atoms with Gasteiger partial charge in [-0.05, 0) is 26.0 Å². The Kier molecular flexibility index (Phi) is 5.82. The van der Waals surface area contributed by atoms with Crippen molar-refractivity contribution in [2.75, 3.05) is 19.7 Å². The molecule has 0 spiro atoms. The van der Waals surface area contributed by atoms with Crippen LogP contribution in [0.1, 0.15) is 24.2 Å². The first kappa shape index (κ1) is 14.4. The third-order valence-electron chi connectivity index (χ3n) is 2.61. The zero-order chi connectivity index (χ0) is 12.8. The van der Waals surface area contributed by atoms with Crippen molar-refractivity contribution in [1.82, 2.24) is 4.90 Å². The van der Waals surface area contributed by atoms with E-state index in [9.17, 15) is 4.79 Å². The lowest BCUT2D eigenvalue weighted by Gasteiger charge is -2.24. The summed E-state index contributed by atoms with van der Waals surface area (Å²) >= 11 is 3.35. The van der Waals surface area contributed by atoms with Gasteiger partial charge in [0.25, 0.3) is 0 Å². The summed E-state index contributed by atoms with van der Waals surface area (Å²) in [6.45, 7) is 4.98. The van der Waals surface area contributed by atoms with Crippen LogP contribution in [0.25, 0.3) is 0 Å². The van der Waals surface area contributed by atoms with Gasteiger partial charge in [-0.1, -0.05) is 28.1 Å². The van der Waals surface area contributed by atoms with Crippen LogP contribution >= 0.6 is 15.9 Å². The summed E-state index contributed by atoms with van der Waals surface area (Å²) < 4.78 is 0.904. The van der Waals surface area contributed by atoms with Gasteiger partial charge in [0.2, 0.25) is 0 Å². The molecule has 0 aliphatic carbocycles. The number of hydrogen-bond acceptors (Lipinski definition) is 3. The van der Waals surface area contributed by atoms with Crippen LogP contribution in [-0.2, 0) is 0 Å². The molecule has 3 nitrogen and oxygen atoms in total. The molecule has 1 aromatic rings. The van der Waals surface area contributed by atoms with Crippen molar-refractivity contribution in [3.05, 3.63) is 34.3 Å². The molecule has 0 saturated carbocycles. The fraction of sp³-hybridized carbons (Fsp3) is 0.462. The molecule has 0 heterocycles. The second kappa shape index (κ2) is 6.89. The largest absolute Gasteiger partial charge is 0.395 e. The van der Waals surface area contributed by atoms with Crippen LogP contribution in [0.15, 0.2) is 28.7 Å². The van der Waals surface area contributed by atoms with Crippen LogP contribution in [0.5, 0.6) is 0 Å². The highest BCUT2D eigenvalue weighted by molar-refractivity contribution is 9.10. The van der Waals surface area contributed by atoms with Crippen LogP contribution in [0.2, 0.25) is 0 Å². The summed E-state index contributed by atoms with van der Waals surface area (Å²) in [7, 11) is 0. The molecule has 1 rings (SSSR count). The van der Waals surface area contributed by atoms with Crippen LogP contribution < -0.4 is 0 Å². The molecule has 0 radical (unpaired) electrons. The van der Waals surface area contributed by atoms with Crippen molar-refractivity contribution < 1.29 is 9.90 Å². The Balaban J connectivity index is 2.70. The molecule has 0 saturated heterocycles. The molecule has 0 aliphatic rings. The van der Waals surface area contributed by atoms with E-state index in [2.05, 4.69) is 15.9 Å². The molecule has 0 amide bonds. The molecular weight excluding hydrogens is 282 g/mol. The quantitative estimate of drug-likeness (QED) is 0.820. The summed E-state index contributed by atoms with van der Waals surface area (Å²) in [6.07, 6.45) is 0. The normalized spacial score (nSPS) is 11.2. The summed E-state index contributed by atoms with van der Waals surface area (Å²) in [5.74, 6) is 0.0773. The standard InChI is InChI=1S/C13H18BrNO2/c1-10(2)15(6-7-16)9-13(17)11-4-3-5-12(14)8-11/h3-5,8,10,16H,6-7,9H2,1-2H3. The first-order valence-electron chi connectivity index (χ1n) is 5.68. The van der Waals surface area contributed by atoms with Crippen LogP contribution in [-0.4, -0.2) is 41.5 Å². The van der Waals surface area contributed by atoms with E-state index in [-0.39, 0.29) is 18.4 Å². The van der Waals surface area contributed by atoms with Gasteiger partial charge >= 0.3 is 0 Å². The maximum Gasteiger partial charge on any atom is 0.176 e. The molecule has 4 heteroatoms. The molecule has 17 heavy (non-hydrogen) atoms. The van der Waals surface area contributed by atoms with Crippen LogP contribution in [0, 0.1) is 0 Å². The van der Waals surface area contributed by atoms with Gasteiger partial charge < -0.3 is 5.11 Å². The minimum absolute atomic E-state index is 0.0734. The predicted octanol–water partition coefficient (Wildman–Crippen LogP) is 2.33. The molecule has 0 aromatic heterocycles. The molecule has 94 valence electrons. The molecule has 0 aliphatic heterocycles. The third-order valence-corrected chi connectivity index (χ3v) is 3.10. The number of Topliss-reactive ketones (excluding diaryl/α,β-unsaturated/α-hetero) is 1. The Morgan fingerprint density at radius 3 is 2.71 bits per heavy atom. The number of benzene rings is 1. The average molecular weight is 300 g/mol. The lowest BCUT2D eigenvalue weighted by atomic mass is 10.1. The number of carbonyl (C=O) groups excluding carboxylic acids is 1. The third kappa shape index (κ3) is 4.58.